The van der Waals surface area contributed by atoms with Gasteiger partial charge in [-0.2, -0.15) is 0 Å². The SMILES string of the molecule is COc1ccc(F)cc1C(Cl)c1ccc(Cl)cc1Cl. The minimum atomic E-state index is -0.615. The molecule has 0 N–H and O–H groups in total. The van der Waals surface area contributed by atoms with Crippen LogP contribution in [0.2, 0.25) is 10.0 Å². The second-order valence-corrected chi connectivity index (χ2v) is 5.19. The normalized spacial score (nSPS) is 12.3. The summed E-state index contributed by atoms with van der Waals surface area (Å²) >= 11 is 18.3. The molecule has 1 unspecified atom stereocenters. The number of ether oxygens (including phenoxy) is 1. The minimum absolute atomic E-state index is 0.383. The van der Waals surface area contributed by atoms with Gasteiger partial charge in [0.15, 0.2) is 0 Å². The van der Waals surface area contributed by atoms with Crippen LogP contribution in [0.4, 0.5) is 4.39 Å². The summed E-state index contributed by atoms with van der Waals surface area (Å²) in [6, 6.07) is 9.18. The Balaban J connectivity index is 2.49. The molecule has 1 atom stereocenters. The zero-order valence-electron chi connectivity index (χ0n) is 9.96. The topological polar surface area (TPSA) is 9.23 Å². The Labute approximate surface area is 125 Å². The Morgan fingerprint density at radius 3 is 2.42 bits per heavy atom. The predicted octanol–water partition coefficient (Wildman–Crippen LogP) is 5.47. The second kappa shape index (κ2) is 6.00. The zero-order chi connectivity index (χ0) is 14.0. The number of benzene rings is 2. The van der Waals surface area contributed by atoms with Gasteiger partial charge in [-0.3, -0.25) is 0 Å². The van der Waals surface area contributed by atoms with E-state index in [-0.39, 0.29) is 5.82 Å². The third-order valence-electron chi connectivity index (χ3n) is 2.70. The maximum Gasteiger partial charge on any atom is 0.124 e. The van der Waals surface area contributed by atoms with E-state index >= 15 is 0 Å². The highest BCUT2D eigenvalue weighted by atomic mass is 35.5. The van der Waals surface area contributed by atoms with E-state index < -0.39 is 5.38 Å². The van der Waals surface area contributed by atoms with E-state index in [4.69, 9.17) is 39.5 Å². The predicted molar refractivity (Wildman–Crippen MR) is 77.1 cm³/mol. The third-order valence-corrected chi connectivity index (χ3v) is 3.73. The van der Waals surface area contributed by atoms with Crippen molar-refractivity contribution in [3.05, 3.63) is 63.4 Å². The molecule has 0 fully saturated rings. The highest BCUT2D eigenvalue weighted by Crippen LogP contribution is 2.39. The molecule has 0 spiro atoms. The first kappa shape index (κ1) is 14.4. The quantitative estimate of drug-likeness (QED) is 0.682. The van der Waals surface area contributed by atoms with Crippen LogP contribution in [0.15, 0.2) is 36.4 Å². The summed E-state index contributed by atoms with van der Waals surface area (Å²) in [5.41, 5.74) is 1.17. The summed E-state index contributed by atoms with van der Waals surface area (Å²) in [7, 11) is 1.50. The second-order valence-electron chi connectivity index (χ2n) is 3.91. The molecule has 0 bridgehead atoms. The molecule has 0 saturated heterocycles. The van der Waals surface area contributed by atoms with Crippen LogP contribution in [0.1, 0.15) is 16.5 Å². The van der Waals surface area contributed by atoms with Crippen LogP contribution in [-0.4, -0.2) is 7.11 Å². The van der Waals surface area contributed by atoms with Gasteiger partial charge in [0, 0.05) is 15.6 Å². The lowest BCUT2D eigenvalue weighted by molar-refractivity contribution is 0.409. The van der Waals surface area contributed by atoms with Crippen LogP contribution in [-0.2, 0) is 0 Å². The standard InChI is InChI=1S/C14H10Cl3FO/c1-19-13-5-3-9(18)7-11(13)14(17)10-4-2-8(15)6-12(10)16/h2-7,14H,1H3. The molecule has 100 valence electrons. The van der Waals surface area contributed by atoms with E-state index in [0.717, 1.165) is 0 Å². The molecule has 0 aliphatic carbocycles. The number of halogens is 4. The lowest BCUT2D eigenvalue weighted by atomic mass is 10.0. The molecule has 2 aromatic rings. The monoisotopic (exact) mass is 318 g/mol. The largest absolute Gasteiger partial charge is 0.496 e. The molecule has 0 amide bonds. The molecule has 0 aliphatic rings. The van der Waals surface area contributed by atoms with Gasteiger partial charge >= 0.3 is 0 Å². The first-order valence-electron chi connectivity index (χ1n) is 5.45. The molecule has 0 saturated carbocycles. The van der Waals surface area contributed by atoms with Gasteiger partial charge in [0.1, 0.15) is 11.6 Å². The molecule has 0 radical (unpaired) electrons. The maximum atomic E-state index is 13.4. The molecule has 0 aromatic heterocycles. The summed E-state index contributed by atoms with van der Waals surface area (Å²) in [5.74, 6) is 0.124. The van der Waals surface area contributed by atoms with E-state index in [1.807, 2.05) is 0 Å². The summed E-state index contributed by atoms with van der Waals surface area (Å²) in [6.45, 7) is 0. The summed E-state index contributed by atoms with van der Waals surface area (Å²) in [5, 5.41) is 0.332. The van der Waals surface area contributed by atoms with Crippen molar-refractivity contribution in [2.24, 2.45) is 0 Å². The van der Waals surface area contributed by atoms with Gasteiger partial charge in [-0.25, -0.2) is 4.39 Å². The molecule has 5 heteroatoms. The Bertz CT molecular complexity index is 601. The molecule has 2 rings (SSSR count). The maximum absolute atomic E-state index is 13.4. The average molecular weight is 320 g/mol. The Hall–Kier alpha value is -0.960. The van der Waals surface area contributed by atoms with E-state index in [0.29, 0.717) is 26.9 Å². The van der Waals surface area contributed by atoms with Gasteiger partial charge < -0.3 is 4.74 Å². The van der Waals surface area contributed by atoms with Crippen molar-refractivity contribution in [3.63, 3.8) is 0 Å². The smallest absolute Gasteiger partial charge is 0.124 e. The molecule has 0 aliphatic heterocycles. The number of hydrogen-bond acceptors (Lipinski definition) is 1. The van der Waals surface area contributed by atoms with Crippen molar-refractivity contribution >= 4 is 34.8 Å². The van der Waals surface area contributed by atoms with Crippen molar-refractivity contribution < 1.29 is 9.13 Å². The van der Waals surface area contributed by atoms with Gasteiger partial charge in [-0.05, 0) is 35.9 Å². The average Bonchev–Trinajstić information content (AvgIpc) is 2.38. The van der Waals surface area contributed by atoms with E-state index in [1.54, 1.807) is 18.2 Å². The van der Waals surface area contributed by atoms with Crippen molar-refractivity contribution in [2.75, 3.05) is 7.11 Å². The lowest BCUT2D eigenvalue weighted by Crippen LogP contribution is -1.99. The first-order valence-corrected chi connectivity index (χ1v) is 6.64. The highest BCUT2D eigenvalue weighted by molar-refractivity contribution is 6.36. The van der Waals surface area contributed by atoms with Crippen LogP contribution >= 0.6 is 34.8 Å². The van der Waals surface area contributed by atoms with Crippen LogP contribution in [0, 0.1) is 5.82 Å². The third kappa shape index (κ3) is 3.14. The Kier molecular flexibility index (Phi) is 4.56. The van der Waals surface area contributed by atoms with Gasteiger partial charge in [0.05, 0.1) is 12.5 Å². The van der Waals surface area contributed by atoms with Gasteiger partial charge in [0.2, 0.25) is 0 Å². The lowest BCUT2D eigenvalue weighted by Gasteiger charge is -2.15. The Morgan fingerprint density at radius 2 is 1.79 bits per heavy atom. The van der Waals surface area contributed by atoms with E-state index in [2.05, 4.69) is 0 Å². The van der Waals surface area contributed by atoms with Gasteiger partial charge in [0.25, 0.3) is 0 Å². The fourth-order valence-corrected chi connectivity index (χ4v) is 2.71. The van der Waals surface area contributed by atoms with Crippen LogP contribution in [0.5, 0.6) is 5.75 Å². The van der Waals surface area contributed by atoms with E-state index in [1.165, 1.54) is 25.3 Å². The number of methoxy groups -OCH3 is 1. The fourth-order valence-electron chi connectivity index (χ4n) is 1.78. The molecular formula is C14H10Cl3FO. The molecule has 19 heavy (non-hydrogen) atoms. The molecule has 1 nitrogen and oxygen atoms in total. The first-order chi connectivity index (χ1) is 9.02. The fraction of sp³-hybridized carbons (Fsp3) is 0.143. The Morgan fingerprint density at radius 1 is 1.05 bits per heavy atom. The molecule has 0 heterocycles. The van der Waals surface area contributed by atoms with Crippen molar-refractivity contribution in [1.82, 2.24) is 0 Å². The highest BCUT2D eigenvalue weighted by Gasteiger charge is 2.19. The van der Waals surface area contributed by atoms with Crippen LogP contribution in [0.25, 0.3) is 0 Å². The van der Waals surface area contributed by atoms with Crippen molar-refractivity contribution in [3.8, 4) is 5.75 Å². The molecular weight excluding hydrogens is 310 g/mol. The zero-order valence-corrected chi connectivity index (χ0v) is 12.2. The van der Waals surface area contributed by atoms with Crippen LogP contribution in [0.3, 0.4) is 0 Å². The van der Waals surface area contributed by atoms with Gasteiger partial charge in [-0.15, -0.1) is 11.6 Å². The molecule has 2 aromatic carbocycles. The number of alkyl halides is 1. The number of hydrogen-bond donors (Lipinski definition) is 0. The van der Waals surface area contributed by atoms with Crippen molar-refractivity contribution in [1.29, 1.82) is 0 Å². The summed E-state index contributed by atoms with van der Waals surface area (Å²) in [4.78, 5) is 0. The number of rotatable bonds is 3. The minimum Gasteiger partial charge on any atom is -0.496 e. The van der Waals surface area contributed by atoms with Crippen molar-refractivity contribution in [2.45, 2.75) is 5.38 Å². The van der Waals surface area contributed by atoms with Gasteiger partial charge in [-0.1, -0.05) is 29.3 Å². The summed E-state index contributed by atoms with van der Waals surface area (Å²) < 4.78 is 18.5. The summed E-state index contributed by atoms with van der Waals surface area (Å²) in [6.07, 6.45) is 0. The van der Waals surface area contributed by atoms with E-state index in [9.17, 15) is 4.39 Å². The van der Waals surface area contributed by atoms with Crippen LogP contribution < -0.4 is 4.74 Å².